The maximum atomic E-state index is 13.1. The van der Waals surface area contributed by atoms with Crippen LogP contribution in [0.25, 0.3) is 0 Å². The molecule has 4 rings (SSSR count). The lowest BCUT2D eigenvalue weighted by atomic mass is 10.0. The topological polar surface area (TPSA) is 98.8 Å². The minimum absolute atomic E-state index is 0.119. The van der Waals surface area contributed by atoms with Crippen LogP contribution < -0.4 is 10.6 Å². The zero-order chi connectivity index (χ0) is 19.8. The third-order valence-electron chi connectivity index (χ3n) is 5.69. The summed E-state index contributed by atoms with van der Waals surface area (Å²) in [6.45, 7) is 2.44. The Morgan fingerprint density at radius 1 is 1.14 bits per heavy atom. The Bertz CT molecular complexity index is 847. The van der Waals surface area contributed by atoms with E-state index in [1.165, 1.54) is 6.42 Å². The van der Waals surface area contributed by atoms with Crippen molar-refractivity contribution in [2.45, 2.75) is 44.3 Å². The number of imide groups is 2. The number of carbonyl (C=O) groups is 4. The molecule has 4 amide bonds. The summed E-state index contributed by atoms with van der Waals surface area (Å²) >= 11 is 0. The normalized spacial score (nSPS) is 24.9. The van der Waals surface area contributed by atoms with Gasteiger partial charge in [-0.15, -0.1) is 0 Å². The summed E-state index contributed by atoms with van der Waals surface area (Å²) in [4.78, 5) is 52.7. The molecule has 1 unspecified atom stereocenters. The summed E-state index contributed by atoms with van der Waals surface area (Å²) in [5.74, 6) is -1.87. The maximum absolute atomic E-state index is 13.1. The van der Waals surface area contributed by atoms with E-state index in [1.807, 2.05) is 13.1 Å². The number of likely N-dealkylation sites (N-methyl/N-ethyl adjacent to an activating group) is 1. The highest BCUT2D eigenvalue weighted by atomic mass is 16.2. The fourth-order valence-electron chi connectivity index (χ4n) is 4.36. The van der Waals surface area contributed by atoms with E-state index in [0.29, 0.717) is 23.7 Å². The second-order valence-corrected chi connectivity index (χ2v) is 7.78. The van der Waals surface area contributed by atoms with Crippen LogP contribution in [-0.2, 0) is 16.1 Å². The molecule has 0 radical (unpaired) electrons. The van der Waals surface area contributed by atoms with Crippen LogP contribution in [0, 0.1) is 0 Å². The second kappa shape index (κ2) is 7.44. The van der Waals surface area contributed by atoms with Gasteiger partial charge >= 0.3 is 0 Å². The van der Waals surface area contributed by atoms with Crippen molar-refractivity contribution >= 4 is 23.6 Å². The van der Waals surface area contributed by atoms with E-state index in [-0.39, 0.29) is 18.7 Å². The van der Waals surface area contributed by atoms with Gasteiger partial charge < -0.3 is 10.2 Å². The minimum Gasteiger partial charge on any atom is -0.313 e. The van der Waals surface area contributed by atoms with Crippen LogP contribution in [0.4, 0.5) is 0 Å². The largest absolute Gasteiger partial charge is 0.313 e. The first-order chi connectivity index (χ1) is 13.5. The number of carbonyl (C=O) groups excluding carboxylic acids is 4. The molecule has 0 aliphatic carbocycles. The van der Waals surface area contributed by atoms with Gasteiger partial charge in [0.25, 0.3) is 11.8 Å². The first kappa shape index (κ1) is 18.8. The van der Waals surface area contributed by atoms with E-state index < -0.39 is 23.8 Å². The molecule has 28 heavy (non-hydrogen) atoms. The Balaban J connectivity index is 1.55. The monoisotopic (exact) mass is 384 g/mol. The van der Waals surface area contributed by atoms with E-state index >= 15 is 0 Å². The quantitative estimate of drug-likeness (QED) is 0.707. The van der Waals surface area contributed by atoms with Crippen molar-refractivity contribution in [2.75, 3.05) is 20.1 Å². The lowest BCUT2D eigenvalue weighted by Gasteiger charge is -2.28. The van der Waals surface area contributed by atoms with Gasteiger partial charge in [0.1, 0.15) is 6.04 Å². The fourth-order valence-corrected chi connectivity index (χ4v) is 4.36. The summed E-state index contributed by atoms with van der Waals surface area (Å²) in [5, 5.41) is 5.68. The second-order valence-electron chi connectivity index (χ2n) is 7.78. The highest BCUT2D eigenvalue weighted by Crippen LogP contribution is 2.30. The first-order valence-corrected chi connectivity index (χ1v) is 9.71. The predicted octanol–water partition coefficient (Wildman–Crippen LogP) is 0.272. The summed E-state index contributed by atoms with van der Waals surface area (Å²) in [7, 11) is 2.00. The Hall–Kier alpha value is -2.58. The van der Waals surface area contributed by atoms with Crippen molar-refractivity contribution in [1.82, 2.24) is 20.4 Å². The molecule has 2 saturated heterocycles. The number of nitrogens with one attached hydrogen (secondary N) is 2. The third kappa shape index (κ3) is 3.33. The van der Waals surface area contributed by atoms with Crippen LogP contribution in [0.2, 0.25) is 0 Å². The molecule has 2 N–H and O–H groups in total. The molecule has 0 aromatic heterocycles. The molecule has 0 bridgehead atoms. The molecule has 1 aromatic rings. The summed E-state index contributed by atoms with van der Waals surface area (Å²) in [6.07, 6.45) is 2.59. The molecular weight excluding hydrogens is 360 g/mol. The molecule has 0 spiro atoms. The average Bonchev–Trinajstić information content (AvgIpc) is 3.24. The Kier molecular flexibility index (Phi) is 4.99. The third-order valence-corrected chi connectivity index (χ3v) is 5.69. The van der Waals surface area contributed by atoms with Crippen LogP contribution in [0.3, 0.4) is 0 Å². The number of benzene rings is 1. The zero-order valence-electron chi connectivity index (χ0n) is 15.9. The molecule has 0 saturated carbocycles. The van der Waals surface area contributed by atoms with Gasteiger partial charge in [-0.3, -0.25) is 29.4 Å². The molecule has 3 aliphatic rings. The van der Waals surface area contributed by atoms with Gasteiger partial charge in [-0.25, -0.2) is 0 Å². The van der Waals surface area contributed by atoms with Crippen LogP contribution in [-0.4, -0.2) is 65.6 Å². The highest BCUT2D eigenvalue weighted by Gasteiger charge is 2.45. The van der Waals surface area contributed by atoms with Crippen LogP contribution >= 0.6 is 0 Å². The molecule has 2 fully saturated rings. The van der Waals surface area contributed by atoms with Gasteiger partial charge in [-0.2, -0.15) is 0 Å². The number of fused-ring (bicyclic) bond motifs is 1. The molecule has 8 heteroatoms. The minimum atomic E-state index is -0.932. The number of amides is 4. The summed E-state index contributed by atoms with van der Waals surface area (Å²) in [6, 6.07) is 4.77. The number of piperidine rings is 1. The van der Waals surface area contributed by atoms with Crippen LogP contribution in [0.5, 0.6) is 0 Å². The fraction of sp³-hybridized carbons (Fsp3) is 0.500. The Morgan fingerprint density at radius 3 is 2.68 bits per heavy atom. The van der Waals surface area contributed by atoms with Crippen molar-refractivity contribution in [3.05, 3.63) is 34.9 Å². The number of hydrogen-bond donors (Lipinski definition) is 2. The first-order valence-electron chi connectivity index (χ1n) is 9.71. The standard InChI is InChI=1S/C20H24N4O4/c1-23(11-13-5-3-9-21-13)10-12-4-2-6-14-17(12)20(28)24(19(14)27)15-7-8-16(25)22-18(15)26/h2,4,6,13,15,21H,3,5,7-11H2,1H3,(H,22,25,26)/t13-,15?/m0/s1. The lowest BCUT2D eigenvalue weighted by Crippen LogP contribution is -2.54. The highest BCUT2D eigenvalue weighted by molar-refractivity contribution is 6.24. The molecule has 3 aliphatic heterocycles. The van der Waals surface area contributed by atoms with Crippen LogP contribution in [0.15, 0.2) is 18.2 Å². The Labute approximate surface area is 163 Å². The molecule has 8 nitrogen and oxygen atoms in total. The van der Waals surface area contributed by atoms with Crippen molar-refractivity contribution in [1.29, 1.82) is 0 Å². The molecule has 2 atom stereocenters. The molecular formula is C20H24N4O4. The average molecular weight is 384 g/mol. The summed E-state index contributed by atoms with van der Waals surface area (Å²) < 4.78 is 0. The SMILES string of the molecule is CN(Cc1cccc2c1C(=O)N(C1CCC(=O)NC1=O)C2=O)C[C@@H]1CCCN1. The summed E-state index contributed by atoms with van der Waals surface area (Å²) in [5.41, 5.74) is 1.49. The Morgan fingerprint density at radius 2 is 1.96 bits per heavy atom. The smallest absolute Gasteiger partial charge is 0.262 e. The van der Waals surface area contributed by atoms with E-state index in [4.69, 9.17) is 0 Å². The molecule has 3 heterocycles. The van der Waals surface area contributed by atoms with Gasteiger partial charge in [0.2, 0.25) is 11.8 Å². The van der Waals surface area contributed by atoms with Crippen molar-refractivity contribution in [3.8, 4) is 0 Å². The molecule has 1 aromatic carbocycles. The lowest BCUT2D eigenvalue weighted by molar-refractivity contribution is -0.136. The van der Waals surface area contributed by atoms with Gasteiger partial charge in [0, 0.05) is 25.6 Å². The van der Waals surface area contributed by atoms with Gasteiger partial charge in [-0.1, -0.05) is 12.1 Å². The van der Waals surface area contributed by atoms with E-state index in [9.17, 15) is 19.2 Å². The maximum Gasteiger partial charge on any atom is 0.262 e. The van der Waals surface area contributed by atoms with Crippen molar-refractivity contribution in [2.24, 2.45) is 0 Å². The number of nitrogens with zero attached hydrogens (tertiary/aromatic N) is 2. The van der Waals surface area contributed by atoms with Crippen LogP contribution in [0.1, 0.15) is 52.0 Å². The van der Waals surface area contributed by atoms with E-state index in [0.717, 1.165) is 30.0 Å². The van der Waals surface area contributed by atoms with Crippen molar-refractivity contribution < 1.29 is 19.2 Å². The van der Waals surface area contributed by atoms with Gasteiger partial charge in [-0.05, 0) is 44.5 Å². The molecule has 148 valence electrons. The number of rotatable bonds is 5. The van der Waals surface area contributed by atoms with E-state index in [2.05, 4.69) is 15.5 Å². The van der Waals surface area contributed by atoms with Gasteiger partial charge in [0.05, 0.1) is 11.1 Å². The zero-order valence-corrected chi connectivity index (χ0v) is 15.9. The predicted molar refractivity (Wildman–Crippen MR) is 100 cm³/mol. The van der Waals surface area contributed by atoms with Gasteiger partial charge in [0.15, 0.2) is 0 Å². The number of hydrogen-bond acceptors (Lipinski definition) is 6. The van der Waals surface area contributed by atoms with Crippen molar-refractivity contribution in [3.63, 3.8) is 0 Å². The van der Waals surface area contributed by atoms with E-state index in [1.54, 1.807) is 12.1 Å².